The first-order valence-corrected chi connectivity index (χ1v) is 11.9. The fourth-order valence-corrected chi connectivity index (χ4v) is 4.30. The van der Waals surface area contributed by atoms with Gasteiger partial charge in [-0.2, -0.15) is 0 Å². The minimum absolute atomic E-state index is 0.0496. The number of aliphatic carboxylic acids is 1. The summed E-state index contributed by atoms with van der Waals surface area (Å²) >= 11 is 0. The Hall–Kier alpha value is -3.39. The summed E-state index contributed by atoms with van der Waals surface area (Å²) in [5.41, 5.74) is 3.84. The molecule has 0 saturated carbocycles. The van der Waals surface area contributed by atoms with Crippen molar-refractivity contribution in [3.05, 3.63) is 59.7 Å². The predicted molar refractivity (Wildman–Crippen MR) is 132 cm³/mol. The Kier molecular flexibility index (Phi) is 8.87. The summed E-state index contributed by atoms with van der Waals surface area (Å²) in [7, 11) is 1.55. The third-order valence-corrected chi connectivity index (χ3v) is 6.32. The Labute approximate surface area is 206 Å². The van der Waals surface area contributed by atoms with Crippen LogP contribution in [-0.4, -0.2) is 55.0 Å². The molecule has 0 fully saturated rings. The number of methoxy groups -OCH3 is 1. The van der Waals surface area contributed by atoms with E-state index >= 15 is 0 Å². The molecule has 0 saturated heterocycles. The zero-order chi connectivity index (χ0) is 25.4. The molecule has 0 heterocycles. The number of unbranched alkanes of at least 4 members (excludes halogenated alkanes) is 1. The number of fused-ring (bicyclic) bond motifs is 3. The Morgan fingerprint density at radius 1 is 1.00 bits per heavy atom. The molecule has 188 valence electrons. The summed E-state index contributed by atoms with van der Waals surface area (Å²) in [5, 5.41) is 14.2. The van der Waals surface area contributed by atoms with Gasteiger partial charge >= 0.3 is 12.1 Å². The van der Waals surface area contributed by atoms with Gasteiger partial charge in [-0.05, 0) is 48.9 Å². The van der Waals surface area contributed by atoms with Crippen molar-refractivity contribution in [3.63, 3.8) is 0 Å². The lowest BCUT2D eigenvalue weighted by atomic mass is 9.98. The molecule has 2 aromatic rings. The van der Waals surface area contributed by atoms with Crippen molar-refractivity contribution < 1.29 is 29.0 Å². The summed E-state index contributed by atoms with van der Waals surface area (Å²) < 4.78 is 11.1. The van der Waals surface area contributed by atoms with E-state index in [1.807, 2.05) is 50.2 Å². The first kappa shape index (κ1) is 26.2. The fraction of sp³-hybridized carbons (Fsp3) is 0.444. The van der Waals surface area contributed by atoms with E-state index in [1.54, 1.807) is 7.11 Å². The zero-order valence-corrected chi connectivity index (χ0v) is 20.5. The maximum Gasteiger partial charge on any atom is 0.407 e. The molecular formula is C27H34N2O6. The van der Waals surface area contributed by atoms with Crippen LogP contribution in [0.1, 0.15) is 56.6 Å². The SMILES string of the molecule is COC(C)(C)CC(NC(=O)OCC1c2ccccc2-c2ccccc21)C(=O)NCCCCC(=O)O. The van der Waals surface area contributed by atoms with Crippen LogP contribution in [0, 0.1) is 0 Å². The van der Waals surface area contributed by atoms with E-state index in [-0.39, 0.29) is 31.3 Å². The van der Waals surface area contributed by atoms with Gasteiger partial charge in [-0.25, -0.2) is 4.79 Å². The van der Waals surface area contributed by atoms with Gasteiger partial charge in [0.2, 0.25) is 5.91 Å². The number of hydrogen-bond donors (Lipinski definition) is 3. The van der Waals surface area contributed by atoms with Crippen molar-refractivity contribution in [1.82, 2.24) is 10.6 Å². The van der Waals surface area contributed by atoms with Gasteiger partial charge in [-0.1, -0.05) is 48.5 Å². The van der Waals surface area contributed by atoms with Crippen LogP contribution >= 0.6 is 0 Å². The lowest BCUT2D eigenvalue weighted by Gasteiger charge is -2.28. The largest absolute Gasteiger partial charge is 0.481 e. The number of benzene rings is 2. The van der Waals surface area contributed by atoms with E-state index in [0.717, 1.165) is 22.3 Å². The van der Waals surface area contributed by atoms with Crippen LogP contribution in [-0.2, 0) is 19.1 Å². The first-order chi connectivity index (χ1) is 16.7. The topological polar surface area (TPSA) is 114 Å². The molecule has 0 spiro atoms. The fourth-order valence-electron chi connectivity index (χ4n) is 4.30. The molecule has 35 heavy (non-hydrogen) atoms. The second-order valence-corrected chi connectivity index (χ2v) is 9.33. The van der Waals surface area contributed by atoms with Crippen molar-refractivity contribution in [3.8, 4) is 11.1 Å². The van der Waals surface area contributed by atoms with E-state index in [4.69, 9.17) is 14.6 Å². The van der Waals surface area contributed by atoms with Gasteiger partial charge < -0.3 is 25.2 Å². The van der Waals surface area contributed by atoms with E-state index in [2.05, 4.69) is 22.8 Å². The maximum atomic E-state index is 12.8. The third kappa shape index (κ3) is 7.05. The van der Waals surface area contributed by atoms with Crippen molar-refractivity contribution in [2.75, 3.05) is 20.3 Å². The summed E-state index contributed by atoms with van der Waals surface area (Å²) in [6, 6.07) is 15.3. The van der Waals surface area contributed by atoms with Crippen LogP contribution in [0.2, 0.25) is 0 Å². The van der Waals surface area contributed by atoms with Crippen molar-refractivity contribution >= 4 is 18.0 Å². The molecule has 0 aliphatic heterocycles. The number of carbonyl (C=O) groups is 3. The van der Waals surface area contributed by atoms with Crippen molar-refractivity contribution in [2.45, 2.75) is 57.1 Å². The highest BCUT2D eigenvalue weighted by Gasteiger charge is 2.32. The number of alkyl carbamates (subject to hydrolysis) is 1. The average Bonchev–Trinajstić information content (AvgIpc) is 3.15. The molecule has 1 aliphatic rings. The van der Waals surface area contributed by atoms with Crippen molar-refractivity contribution in [1.29, 1.82) is 0 Å². The molecule has 1 atom stereocenters. The van der Waals surface area contributed by atoms with Gasteiger partial charge in [0.1, 0.15) is 12.6 Å². The minimum atomic E-state index is -0.868. The van der Waals surface area contributed by atoms with Gasteiger partial charge in [0.25, 0.3) is 0 Å². The molecular weight excluding hydrogens is 448 g/mol. The second-order valence-electron chi connectivity index (χ2n) is 9.33. The Balaban J connectivity index is 1.61. The lowest BCUT2D eigenvalue weighted by Crippen LogP contribution is -2.50. The highest BCUT2D eigenvalue weighted by molar-refractivity contribution is 5.86. The van der Waals surface area contributed by atoms with E-state index < -0.39 is 23.7 Å². The number of nitrogens with one attached hydrogen (secondary N) is 2. The normalized spacial score (nSPS) is 13.5. The Morgan fingerprint density at radius 2 is 1.60 bits per heavy atom. The highest BCUT2D eigenvalue weighted by atomic mass is 16.5. The Morgan fingerprint density at radius 3 is 2.17 bits per heavy atom. The average molecular weight is 483 g/mol. The monoisotopic (exact) mass is 482 g/mol. The van der Waals surface area contributed by atoms with Gasteiger partial charge in [0.15, 0.2) is 0 Å². The lowest BCUT2D eigenvalue weighted by molar-refractivity contribution is -0.137. The summed E-state index contributed by atoms with van der Waals surface area (Å²) in [6.45, 7) is 4.14. The maximum absolute atomic E-state index is 12.8. The minimum Gasteiger partial charge on any atom is -0.481 e. The van der Waals surface area contributed by atoms with E-state index in [1.165, 1.54) is 0 Å². The van der Waals surface area contributed by atoms with Gasteiger partial charge in [-0.15, -0.1) is 0 Å². The molecule has 3 rings (SSSR count). The summed E-state index contributed by atoms with van der Waals surface area (Å²) in [6.07, 6.45) is 0.611. The Bertz CT molecular complexity index is 1010. The molecule has 3 N–H and O–H groups in total. The molecule has 1 aliphatic carbocycles. The molecule has 2 aromatic carbocycles. The highest BCUT2D eigenvalue weighted by Crippen LogP contribution is 2.44. The van der Waals surface area contributed by atoms with Crippen molar-refractivity contribution in [2.24, 2.45) is 0 Å². The van der Waals surface area contributed by atoms with Gasteiger partial charge in [0, 0.05) is 32.4 Å². The zero-order valence-electron chi connectivity index (χ0n) is 20.5. The standard InChI is InChI=1S/C27H34N2O6/c1-27(2,34-3)16-23(25(32)28-15-9-8-14-24(30)31)29-26(33)35-17-22-20-12-6-4-10-18(20)19-11-5-7-13-21(19)22/h4-7,10-13,22-23H,8-9,14-17H2,1-3H3,(H,28,32)(H,29,33)(H,30,31). The number of hydrogen-bond acceptors (Lipinski definition) is 5. The molecule has 2 amide bonds. The van der Waals surface area contributed by atoms with Crippen LogP contribution in [0.25, 0.3) is 11.1 Å². The van der Waals surface area contributed by atoms with Gasteiger partial charge in [-0.3, -0.25) is 9.59 Å². The van der Waals surface area contributed by atoms with Crippen LogP contribution in [0.4, 0.5) is 4.79 Å². The van der Waals surface area contributed by atoms with E-state index in [9.17, 15) is 14.4 Å². The molecule has 0 aromatic heterocycles. The third-order valence-electron chi connectivity index (χ3n) is 6.32. The number of amides is 2. The molecule has 1 unspecified atom stereocenters. The number of carboxylic acid groups (broad SMARTS) is 1. The second kappa shape index (κ2) is 11.8. The van der Waals surface area contributed by atoms with Crippen LogP contribution < -0.4 is 10.6 Å². The van der Waals surface area contributed by atoms with Crippen LogP contribution in [0.3, 0.4) is 0 Å². The summed E-state index contributed by atoms with van der Waals surface area (Å²) in [5.74, 6) is -1.31. The number of carboxylic acids is 1. The number of rotatable bonds is 12. The number of ether oxygens (including phenoxy) is 2. The summed E-state index contributed by atoms with van der Waals surface area (Å²) in [4.78, 5) is 36.2. The number of carbonyl (C=O) groups excluding carboxylic acids is 2. The smallest absolute Gasteiger partial charge is 0.407 e. The molecule has 0 bridgehead atoms. The molecule has 8 heteroatoms. The predicted octanol–water partition coefficient (Wildman–Crippen LogP) is 4.08. The van der Waals surface area contributed by atoms with Crippen LogP contribution in [0.15, 0.2) is 48.5 Å². The van der Waals surface area contributed by atoms with Gasteiger partial charge in [0.05, 0.1) is 5.60 Å². The first-order valence-electron chi connectivity index (χ1n) is 11.9. The quantitative estimate of drug-likeness (QED) is 0.393. The molecule has 8 nitrogen and oxygen atoms in total. The van der Waals surface area contributed by atoms with Crippen LogP contribution in [0.5, 0.6) is 0 Å². The molecule has 0 radical (unpaired) electrons. The van der Waals surface area contributed by atoms with E-state index in [0.29, 0.717) is 19.4 Å².